The molecule has 0 aromatic heterocycles. The van der Waals surface area contributed by atoms with E-state index in [0.29, 0.717) is 30.2 Å². The van der Waals surface area contributed by atoms with Gasteiger partial charge in [0, 0.05) is 30.2 Å². The molecule has 1 aromatic carbocycles. The maximum absolute atomic E-state index is 12.1. The van der Waals surface area contributed by atoms with Gasteiger partial charge >= 0.3 is 6.61 Å². The summed E-state index contributed by atoms with van der Waals surface area (Å²) < 4.78 is 28.6. The second-order valence-corrected chi connectivity index (χ2v) is 3.53. The van der Waals surface area contributed by atoms with Gasteiger partial charge in [-0.3, -0.25) is 0 Å². The van der Waals surface area contributed by atoms with E-state index in [4.69, 9.17) is 17.3 Å². The van der Waals surface area contributed by atoms with Crippen molar-refractivity contribution in [2.75, 3.05) is 13.1 Å². The van der Waals surface area contributed by atoms with E-state index in [2.05, 4.69) is 10.1 Å². The fourth-order valence-electron chi connectivity index (χ4n) is 1.22. The Morgan fingerprint density at radius 1 is 1.44 bits per heavy atom. The number of nitrogens with one attached hydrogen (secondary N) is 1. The molecule has 0 atom stereocenters. The Morgan fingerprint density at radius 3 is 2.81 bits per heavy atom. The highest BCUT2D eigenvalue weighted by Gasteiger charge is 2.09. The van der Waals surface area contributed by atoms with Crippen LogP contribution < -0.4 is 15.8 Å². The number of benzene rings is 1. The van der Waals surface area contributed by atoms with Crippen LogP contribution in [0.4, 0.5) is 8.78 Å². The average Bonchev–Trinajstić information content (AvgIpc) is 2.22. The molecule has 0 bridgehead atoms. The minimum Gasteiger partial charge on any atom is -0.434 e. The second kappa shape index (κ2) is 6.62. The molecule has 0 saturated carbocycles. The van der Waals surface area contributed by atoms with Gasteiger partial charge in [0.15, 0.2) is 0 Å². The van der Waals surface area contributed by atoms with Gasteiger partial charge in [-0.15, -0.1) is 0 Å². The Labute approximate surface area is 97.5 Å². The van der Waals surface area contributed by atoms with Crippen molar-refractivity contribution in [3.63, 3.8) is 0 Å². The van der Waals surface area contributed by atoms with Crippen LogP contribution >= 0.6 is 11.6 Å². The number of hydrogen-bond donors (Lipinski definition) is 2. The first-order valence-electron chi connectivity index (χ1n) is 4.77. The van der Waals surface area contributed by atoms with E-state index < -0.39 is 6.61 Å². The summed E-state index contributed by atoms with van der Waals surface area (Å²) >= 11 is 5.77. The van der Waals surface area contributed by atoms with Gasteiger partial charge in [-0.1, -0.05) is 11.6 Å². The molecule has 0 aliphatic carbocycles. The van der Waals surface area contributed by atoms with E-state index in [1.807, 2.05) is 0 Å². The van der Waals surface area contributed by atoms with E-state index in [-0.39, 0.29) is 5.75 Å². The smallest absolute Gasteiger partial charge is 0.387 e. The first kappa shape index (κ1) is 13.2. The molecular formula is C10H13ClF2N2O. The molecule has 6 heteroatoms. The topological polar surface area (TPSA) is 47.3 Å². The first-order chi connectivity index (χ1) is 7.63. The van der Waals surface area contributed by atoms with Crippen molar-refractivity contribution in [1.82, 2.24) is 5.32 Å². The number of hydrogen-bond acceptors (Lipinski definition) is 3. The quantitative estimate of drug-likeness (QED) is 0.759. The van der Waals surface area contributed by atoms with Crippen molar-refractivity contribution in [2.45, 2.75) is 13.2 Å². The Balaban J connectivity index is 2.73. The van der Waals surface area contributed by atoms with Crippen LogP contribution in [0.1, 0.15) is 5.56 Å². The molecule has 0 spiro atoms. The summed E-state index contributed by atoms with van der Waals surface area (Å²) in [7, 11) is 0. The Kier molecular flexibility index (Phi) is 5.45. The minimum atomic E-state index is -2.84. The van der Waals surface area contributed by atoms with E-state index in [1.165, 1.54) is 12.1 Å². The van der Waals surface area contributed by atoms with Gasteiger partial charge < -0.3 is 15.8 Å². The fraction of sp³-hybridized carbons (Fsp3) is 0.400. The number of ether oxygens (including phenoxy) is 1. The largest absolute Gasteiger partial charge is 0.434 e. The fourth-order valence-corrected chi connectivity index (χ4v) is 1.42. The number of nitrogens with two attached hydrogens (primary N) is 1. The van der Waals surface area contributed by atoms with Crippen molar-refractivity contribution in [1.29, 1.82) is 0 Å². The molecule has 90 valence electrons. The van der Waals surface area contributed by atoms with Gasteiger partial charge in [0.05, 0.1) is 0 Å². The second-order valence-electron chi connectivity index (χ2n) is 3.10. The summed E-state index contributed by atoms with van der Waals surface area (Å²) in [5, 5.41) is 3.46. The zero-order valence-electron chi connectivity index (χ0n) is 8.55. The lowest BCUT2D eigenvalue weighted by Gasteiger charge is -2.11. The van der Waals surface area contributed by atoms with Gasteiger partial charge in [-0.2, -0.15) is 8.78 Å². The third-order valence-electron chi connectivity index (χ3n) is 1.88. The lowest BCUT2D eigenvalue weighted by molar-refractivity contribution is -0.0504. The predicted octanol–water partition coefficient (Wildman–Crippen LogP) is 1.99. The predicted molar refractivity (Wildman–Crippen MR) is 58.8 cm³/mol. The van der Waals surface area contributed by atoms with Gasteiger partial charge in [0.25, 0.3) is 0 Å². The van der Waals surface area contributed by atoms with E-state index in [0.717, 1.165) is 0 Å². The maximum atomic E-state index is 12.1. The van der Waals surface area contributed by atoms with Crippen molar-refractivity contribution in [3.05, 3.63) is 28.8 Å². The van der Waals surface area contributed by atoms with Gasteiger partial charge in [-0.25, -0.2) is 0 Å². The molecule has 0 radical (unpaired) electrons. The highest BCUT2D eigenvalue weighted by atomic mass is 35.5. The summed E-state index contributed by atoms with van der Waals surface area (Å²) in [6.45, 7) is -1.37. The van der Waals surface area contributed by atoms with Crippen LogP contribution in [0, 0.1) is 0 Å². The van der Waals surface area contributed by atoms with Crippen molar-refractivity contribution >= 4 is 11.6 Å². The van der Waals surface area contributed by atoms with E-state index in [1.54, 1.807) is 6.07 Å². The molecule has 3 nitrogen and oxygen atoms in total. The van der Waals surface area contributed by atoms with E-state index >= 15 is 0 Å². The van der Waals surface area contributed by atoms with Crippen LogP contribution in [0.2, 0.25) is 5.02 Å². The molecule has 0 unspecified atom stereocenters. The van der Waals surface area contributed by atoms with Crippen LogP contribution in [-0.2, 0) is 6.54 Å². The van der Waals surface area contributed by atoms with Gasteiger partial charge in [0.1, 0.15) is 5.75 Å². The Hall–Kier alpha value is -0.910. The number of rotatable bonds is 6. The molecule has 1 aromatic rings. The van der Waals surface area contributed by atoms with E-state index in [9.17, 15) is 8.78 Å². The van der Waals surface area contributed by atoms with Crippen LogP contribution in [0.25, 0.3) is 0 Å². The number of halogens is 3. The molecule has 0 aliphatic rings. The zero-order valence-corrected chi connectivity index (χ0v) is 9.31. The average molecular weight is 251 g/mol. The highest BCUT2D eigenvalue weighted by Crippen LogP contribution is 2.24. The van der Waals surface area contributed by atoms with Crippen LogP contribution in [0.15, 0.2) is 18.2 Å². The summed E-state index contributed by atoms with van der Waals surface area (Å²) in [6.07, 6.45) is 0. The first-order valence-corrected chi connectivity index (χ1v) is 5.15. The maximum Gasteiger partial charge on any atom is 0.387 e. The Bertz CT molecular complexity index is 337. The molecule has 0 saturated heterocycles. The molecule has 0 aliphatic heterocycles. The molecule has 0 heterocycles. The van der Waals surface area contributed by atoms with Gasteiger partial charge in [-0.05, 0) is 18.2 Å². The molecule has 1 rings (SSSR count). The van der Waals surface area contributed by atoms with Crippen molar-refractivity contribution in [3.8, 4) is 5.75 Å². The number of alkyl halides is 2. The minimum absolute atomic E-state index is 0.129. The lowest BCUT2D eigenvalue weighted by atomic mass is 10.2. The molecule has 0 fully saturated rings. The van der Waals surface area contributed by atoms with Crippen molar-refractivity contribution < 1.29 is 13.5 Å². The third-order valence-corrected chi connectivity index (χ3v) is 2.11. The SMILES string of the molecule is NCCNCc1cc(Cl)ccc1OC(F)F. The van der Waals surface area contributed by atoms with Crippen LogP contribution in [0.5, 0.6) is 5.75 Å². The normalized spacial score (nSPS) is 10.8. The molecular weight excluding hydrogens is 238 g/mol. The Morgan fingerprint density at radius 2 is 2.19 bits per heavy atom. The molecule has 0 amide bonds. The molecule has 3 N–H and O–H groups in total. The highest BCUT2D eigenvalue weighted by molar-refractivity contribution is 6.30. The summed E-state index contributed by atoms with van der Waals surface area (Å²) in [5.74, 6) is 0.129. The lowest BCUT2D eigenvalue weighted by Crippen LogP contribution is -2.22. The monoisotopic (exact) mass is 250 g/mol. The van der Waals surface area contributed by atoms with Crippen LogP contribution in [-0.4, -0.2) is 19.7 Å². The summed E-state index contributed by atoms with van der Waals surface area (Å²) in [4.78, 5) is 0. The molecule has 16 heavy (non-hydrogen) atoms. The summed E-state index contributed by atoms with van der Waals surface area (Å²) in [6, 6.07) is 4.52. The zero-order chi connectivity index (χ0) is 12.0. The summed E-state index contributed by atoms with van der Waals surface area (Å²) in [5.41, 5.74) is 5.89. The van der Waals surface area contributed by atoms with Crippen molar-refractivity contribution in [2.24, 2.45) is 5.73 Å². The standard InChI is InChI=1S/C10H13ClF2N2O/c11-8-1-2-9(16-10(12)13)7(5-8)6-15-4-3-14/h1-2,5,10,15H,3-4,6,14H2. The third kappa shape index (κ3) is 4.30. The van der Waals surface area contributed by atoms with Gasteiger partial charge in [0.2, 0.25) is 0 Å². The van der Waals surface area contributed by atoms with Crippen LogP contribution in [0.3, 0.4) is 0 Å².